The Bertz CT molecular complexity index is 747. The third-order valence-corrected chi connectivity index (χ3v) is 8.02. The molecule has 8 heteroatoms. The average Bonchev–Trinajstić information content (AvgIpc) is 3.58. The molecule has 1 saturated carbocycles. The van der Waals surface area contributed by atoms with Gasteiger partial charge in [0.05, 0.1) is 6.10 Å². The van der Waals surface area contributed by atoms with Crippen LogP contribution in [0.1, 0.15) is 51.4 Å². The normalized spacial score (nSPS) is 25.2. The van der Waals surface area contributed by atoms with Crippen LogP contribution in [0.5, 0.6) is 0 Å². The van der Waals surface area contributed by atoms with E-state index in [1.54, 1.807) is 0 Å². The Morgan fingerprint density at radius 2 is 1.48 bits per heavy atom. The molecule has 1 amide bonds. The maximum atomic E-state index is 12.6. The summed E-state index contributed by atoms with van der Waals surface area (Å²) in [6.45, 7) is 9.34. The first-order valence-corrected chi connectivity index (χ1v) is 13.2. The van der Waals surface area contributed by atoms with E-state index < -0.39 is 0 Å². The zero-order chi connectivity index (χ0) is 22.5. The molecule has 4 fully saturated rings. The van der Waals surface area contributed by atoms with Gasteiger partial charge in [0.25, 0.3) is 0 Å². The monoisotopic (exact) mass is 456 g/mol. The van der Waals surface area contributed by atoms with Crippen LogP contribution in [0, 0.1) is 5.92 Å². The molecule has 1 aromatic rings. The zero-order valence-electron chi connectivity index (χ0n) is 20.0. The molecule has 4 heterocycles. The fourth-order valence-corrected chi connectivity index (χ4v) is 5.86. The number of hydrogen-bond acceptors (Lipinski definition) is 7. The lowest BCUT2D eigenvalue weighted by Gasteiger charge is -2.37. The number of carbonyl (C=O) groups is 1. The number of carbonyl (C=O) groups excluding carboxylic acids is 1. The van der Waals surface area contributed by atoms with Crippen molar-refractivity contribution in [3.63, 3.8) is 0 Å². The quantitative estimate of drug-likeness (QED) is 0.624. The molecule has 5 rings (SSSR count). The first kappa shape index (κ1) is 22.8. The summed E-state index contributed by atoms with van der Waals surface area (Å²) in [5.74, 6) is 3.01. The van der Waals surface area contributed by atoms with Gasteiger partial charge < -0.3 is 19.4 Å². The van der Waals surface area contributed by atoms with Crippen molar-refractivity contribution < 1.29 is 9.53 Å². The van der Waals surface area contributed by atoms with Gasteiger partial charge in [-0.15, -0.1) is 10.2 Å². The Morgan fingerprint density at radius 1 is 0.848 bits per heavy atom. The Morgan fingerprint density at radius 3 is 2.06 bits per heavy atom. The van der Waals surface area contributed by atoms with E-state index in [4.69, 9.17) is 4.74 Å². The van der Waals surface area contributed by atoms with E-state index in [0.29, 0.717) is 12.0 Å². The van der Waals surface area contributed by atoms with Crippen molar-refractivity contribution in [2.24, 2.45) is 5.92 Å². The predicted octanol–water partition coefficient (Wildman–Crippen LogP) is 2.40. The molecule has 1 unspecified atom stereocenters. The van der Waals surface area contributed by atoms with Crippen molar-refractivity contribution in [2.75, 3.05) is 75.3 Å². The lowest BCUT2D eigenvalue weighted by atomic mass is 10.0. The summed E-state index contributed by atoms with van der Waals surface area (Å²) in [5, 5.41) is 9.08. The van der Waals surface area contributed by atoms with Crippen molar-refractivity contribution >= 4 is 17.5 Å². The second kappa shape index (κ2) is 11.0. The lowest BCUT2D eigenvalue weighted by molar-refractivity contribution is -0.131. The minimum absolute atomic E-state index is 0.335. The number of nitrogens with zero attached hydrogens (tertiary/aromatic N) is 6. The van der Waals surface area contributed by atoms with E-state index in [9.17, 15) is 4.79 Å². The molecule has 0 N–H and O–H groups in total. The molecule has 0 bridgehead atoms. The molecule has 3 aliphatic heterocycles. The summed E-state index contributed by atoms with van der Waals surface area (Å²) in [6, 6.07) is 4.20. The molecule has 33 heavy (non-hydrogen) atoms. The molecule has 1 aliphatic carbocycles. The fourth-order valence-electron chi connectivity index (χ4n) is 5.86. The second-order valence-corrected chi connectivity index (χ2v) is 10.2. The largest absolute Gasteiger partial charge is 0.377 e. The van der Waals surface area contributed by atoms with Crippen LogP contribution >= 0.6 is 0 Å². The van der Waals surface area contributed by atoms with Crippen molar-refractivity contribution in [1.29, 1.82) is 0 Å². The smallest absolute Gasteiger partial charge is 0.222 e. The van der Waals surface area contributed by atoms with Crippen LogP contribution in [-0.4, -0.2) is 97.5 Å². The van der Waals surface area contributed by atoms with E-state index in [-0.39, 0.29) is 0 Å². The van der Waals surface area contributed by atoms with Crippen LogP contribution in [0.4, 0.5) is 11.6 Å². The van der Waals surface area contributed by atoms with Crippen LogP contribution < -0.4 is 9.80 Å². The number of amides is 1. The van der Waals surface area contributed by atoms with Crippen molar-refractivity contribution in [2.45, 2.75) is 57.5 Å². The van der Waals surface area contributed by atoms with Gasteiger partial charge in [0, 0.05) is 71.9 Å². The first-order valence-electron chi connectivity index (χ1n) is 13.2. The molecule has 8 nitrogen and oxygen atoms in total. The molecular weight excluding hydrogens is 416 g/mol. The highest BCUT2D eigenvalue weighted by atomic mass is 16.5. The van der Waals surface area contributed by atoms with Gasteiger partial charge >= 0.3 is 0 Å². The lowest BCUT2D eigenvalue weighted by Crippen LogP contribution is -2.49. The molecule has 1 atom stereocenters. The number of ether oxygens (including phenoxy) is 1. The minimum atomic E-state index is 0.335. The number of anilines is 2. The van der Waals surface area contributed by atoms with Gasteiger partial charge in [0.2, 0.25) is 5.91 Å². The number of hydrogen-bond donors (Lipinski definition) is 0. The van der Waals surface area contributed by atoms with Gasteiger partial charge in [0.15, 0.2) is 11.6 Å². The van der Waals surface area contributed by atoms with E-state index in [1.165, 1.54) is 38.5 Å². The third-order valence-electron chi connectivity index (χ3n) is 8.02. The van der Waals surface area contributed by atoms with Crippen LogP contribution in [0.15, 0.2) is 12.1 Å². The summed E-state index contributed by atoms with van der Waals surface area (Å²) in [6.07, 6.45) is 9.98. The fraction of sp³-hybridized carbons (Fsp3) is 0.800. The van der Waals surface area contributed by atoms with Crippen LogP contribution in [-0.2, 0) is 9.53 Å². The molecule has 0 radical (unpaired) electrons. The van der Waals surface area contributed by atoms with Crippen molar-refractivity contribution in [1.82, 2.24) is 20.0 Å². The van der Waals surface area contributed by atoms with E-state index in [1.807, 2.05) is 4.90 Å². The van der Waals surface area contributed by atoms with Gasteiger partial charge in [-0.1, -0.05) is 25.7 Å². The van der Waals surface area contributed by atoms with Gasteiger partial charge in [-0.25, -0.2) is 0 Å². The topological polar surface area (TPSA) is 65.0 Å². The standard InChI is InChI=1S/C25H40N6O2/c32-25(10-7-21-4-1-2-5-21)31-17-15-30(16-18-31)24-9-8-23(26-27-24)29-13-11-28(12-14-29)20-22-6-3-19-33-22/h8-9,21-22H,1-7,10-20H2. The second-order valence-electron chi connectivity index (χ2n) is 10.2. The summed E-state index contributed by atoms with van der Waals surface area (Å²) >= 11 is 0. The SMILES string of the molecule is O=C(CCC1CCCC1)N1CCN(c2ccc(N3CCN(CC4CCCO4)CC3)nn2)CC1. The molecule has 182 valence electrons. The highest BCUT2D eigenvalue weighted by molar-refractivity contribution is 5.76. The summed E-state index contributed by atoms with van der Waals surface area (Å²) < 4.78 is 5.79. The molecule has 4 aliphatic rings. The Balaban J connectivity index is 1.04. The van der Waals surface area contributed by atoms with Crippen LogP contribution in [0.2, 0.25) is 0 Å². The Kier molecular flexibility index (Phi) is 7.61. The third kappa shape index (κ3) is 5.96. The number of aromatic nitrogens is 2. The summed E-state index contributed by atoms with van der Waals surface area (Å²) in [5.41, 5.74) is 0. The van der Waals surface area contributed by atoms with Gasteiger partial charge in [-0.05, 0) is 37.3 Å². The molecule has 1 aromatic heterocycles. The van der Waals surface area contributed by atoms with E-state index in [0.717, 1.165) is 95.9 Å². The van der Waals surface area contributed by atoms with Gasteiger partial charge in [-0.2, -0.15) is 0 Å². The molecule has 0 aromatic carbocycles. The Labute approximate surface area is 198 Å². The highest BCUT2D eigenvalue weighted by Gasteiger charge is 2.25. The number of piperazine rings is 2. The van der Waals surface area contributed by atoms with Crippen molar-refractivity contribution in [3.8, 4) is 0 Å². The summed E-state index contributed by atoms with van der Waals surface area (Å²) in [7, 11) is 0. The predicted molar refractivity (Wildman–Crippen MR) is 130 cm³/mol. The molecule has 0 spiro atoms. The Hall–Kier alpha value is -1.93. The van der Waals surface area contributed by atoms with Gasteiger partial charge in [0.1, 0.15) is 0 Å². The summed E-state index contributed by atoms with van der Waals surface area (Å²) in [4.78, 5) is 21.8. The maximum Gasteiger partial charge on any atom is 0.222 e. The molecule has 3 saturated heterocycles. The van der Waals surface area contributed by atoms with Crippen LogP contribution in [0.3, 0.4) is 0 Å². The minimum Gasteiger partial charge on any atom is -0.377 e. The number of rotatable bonds is 7. The van der Waals surface area contributed by atoms with E-state index in [2.05, 4.69) is 37.0 Å². The van der Waals surface area contributed by atoms with Gasteiger partial charge in [-0.3, -0.25) is 9.69 Å². The zero-order valence-corrected chi connectivity index (χ0v) is 20.0. The van der Waals surface area contributed by atoms with Crippen molar-refractivity contribution in [3.05, 3.63) is 12.1 Å². The van der Waals surface area contributed by atoms with Crippen LogP contribution in [0.25, 0.3) is 0 Å². The molecular formula is C25H40N6O2. The highest BCUT2D eigenvalue weighted by Crippen LogP contribution is 2.29. The van der Waals surface area contributed by atoms with E-state index >= 15 is 0 Å². The average molecular weight is 457 g/mol. The first-order chi connectivity index (χ1) is 16.2. The maximum absolute atomic E-state index is 12.6.